The van der Waals surface area contributed by atoms with E-state index in [1.807, 2.05) is 19.9 Å². The summed E-state index contributed by atoms with van der Waals surface area (Å²) in [5.41, 5.74) is 2.98. The molecule has 0 aliphatic rings. The van der Waals surface area contributed by atoms with Crippen LogP contribution in [-0.2, 0) is 26.2 Å². The van der Waals surface area contributed by atoms with Gasteiger partial charge in [0.15, 0.2) is 0 Å². The first-order chi connectivity index (χ1) is 18.5. The number of ether oxygens (including phenoxy) is 1. The van der Waals surface area contributed by atoms with E-state index >= 15 is 0 Å². The van der Waals surface area contributed by atoms with Gasteiger partial charge in [0.2, 0.25) is 11.8 Å². The van der Waals surface area contributed by atoms with Crippen molar-refractivity contribution in [2.45, 2.75) is 44.7 Å². The van der Waals surface area contributed by atoms with Crippen LogP contribution in [-0.4, -0.2) is 51.9 Å². The first kappa shape index (κ1) is 30.0. The predicted molar refractivity (Wildman–Crippen MR) is 154 cm³/mol. The van der Waals surface area contributed by atoms with Gasteiger partial charge in [0, 0.05) is 18.6 Å². The number of amides is 2. The first-order valence-electron chi connectivity index (χ1n) is 12.5. The molecule has 0 saturated carbocycles. The van der Waals surface area contributed by atoms with Crippen molar-refractivity contribution in [2.24, 2.45) is 0 Å². The van der Waals surface area contributed by atoms with Gasteiger partial charge in [-0.05, 0) is 85.5 Å². The zero-order valence-corrected chi connectivity index (χ0v) is 24.3. The molecule has 39 heavy (non-hydrogen) atoms. The maximum atomic E-state index is 14.0. The third-order valence-electron chi connectivity index (χ3n) is 6.60. The molecule has 0 aliphatic carbocycles. The fourth-order valence-corrected chi connectivity index (χ4v) is 5.69. The number of nitrogens with zero attached hydrogens (tertiary/aromatic N) is 2. The maximum absolute atomic E-state index is 14.0. The minimum absolute atomic E-state index is 0.00187. The molecule has 2 amide bonds. The third-order valence-corrected chi connectivity index (χ3v) is 8.64. The number of benzene rings is 3. The Hall–Kier alpha value is -3.56. The van der Waals surface area contributed by atoms with Crippen molar-refractivity contribution in [3.8, 4) is 5.75 Å². The Morgan fingerprint density at radius 3 is 2.15 bits per heavy atom. The van der Waals surface area contributed by atoms with Gasteiger partial charge < -0.3 is 15.0 Å². The molecular weight excluding hydrogens is 538 g/mol. The van der Waals surface area contributed by atoms with Crippen LogP contribution in [0.15, 0.2) is 71.6 Å². The number of methoxy groups -OCH3 is 1. The molecule has 0 saturated heterocycles. The standard InChI is InChI=1S/C29H34ClN3O5S/c1-6-27(29(35)31-4)32(18-22-8-13-25(38-5)14-9-22)28(34)19-33(24-12-7-20(2)21(3)17-24)39(36,37)26-15-10-23(30)11-16-26/h7-17,27H,6,18-19H2,1-5H3,(H,31,35)/t27-/m0/s1. The average molecular weight is 572 g/mol. The largest absolute Gasteiger partial charge is 0.497 e. The molecule has 0 unspecified atom stereocenters. The summed E-state index contributed by atoms with van der Waals surface area (Å²) in [7, 11) is -1.09. The number of hydrogen-bond acceptors (Lipinski definition) is 5. The summed E-state index contributed by atoms with van der Waals surface area (Å²) in [6, 6.07) is 17.4. The normalized spacial score (nSPS) is 11.9. The van der Waals surface area contributed by atoms with Crippen molar-refractivity contribution in [1.82, 2.24) is 10.2 Å². The molecule has 3 aromatic carbocycles. The molecule has 208 valence electrons. The fraction of sp³-hybridized carbons (Fsp3) is 0.310. The first-order valence-corrected chi connectivity index (χ1v) is 14.3. The van der Waals surface area contributed by atoms with Crippen LogP contribution in [0.5, 0.6) is 5.75 Å². The number of sulfonamides is 1. The number of aryl methyl sites for hydroxylation is 2. The number of likely N-dealkylation sites (N-methyl/N-ethyl adjacent to an activating group) is 1. The van der Waals surface area contributed by atoms with Crippen LogP contribution < -0.4 is 14.4 Å². The van der Waals surface area contributed by atoms with Gasteiger partial charge in [-0.3, -0.25) is 13.9 Å². The highest BCUT2D eigenvalue weighted by Crippen LogP contribution is 2.27. The Morgan fingerprint density at radius 2 is 1.62 bits per heavy atom. The topological polar surface area (TPSA) is 96.0 Å². The Labute approximate surface area is 235 Å². The summed E-state index contributed by atoms with van der Waals surface area (Å²) >= 11 is 6.00. The van der Waals surface area contributed by atoms with E-state index in [9.17, 15) is 18.0 Å². The highest BCUT2D eigenvalue weighted by molar-refractivity contribution is 7.92. The van der Waals surface area contributed by atoms with E-state index in [0.717, 1.165) is 21.0 Å². The summed E-state index contributed by atoms with van der Waals surface area (Å²) < 4.78 is 34.1. The summed E-state index contributed by atoms with van der Waals surface area (Å²) in [5, 5.41) is 3.01. The smallest absolute Gasteiger partial charge is 0.264 e. The van der Waals surface area contributed by atoms with Gasteiger partial charge in [0.25, 0.3) is 10.0 Å². The average Bonchev–Trinajstić information content (AvgIpc) is 2.93. The number of carbonyl (C=O) groups excluding carboxylic acids is 2. The van der Waals surface area contributed by atoms with Crippen LogP contribution in [0, 0.1) is 13.8 Å². The van der Waals surface area contributed by atoms with Crippen LogP contribution >= 0.6 is 11.6 Å². The molecule has 0 heterocycles. The number of halogens is 1. The minimum atomic E-state index is -4.16. The van der Waals surface area contributed by atoms with Crippen LogP contribution in [0.1, 0.15) is 30.0 Å². The highest BCUT2D eigenvalue weighted by Gasteiger charge is 2.33. The highest BCUT2D eigenvalue weighted by atomic mass is 35.5. The predicted octanol–water partition coefficient (Wildman–Crippen LogP) is 4.71. The third kappa shape index (κ3) is 7.10. The Kier molecular flexibility index (Phi) is 9.99. The molecule has 3 aromatic rings. The van der Waals surface area contributed by atoms with Gasteiger partial charge in [-0.15, -0.1) is 0 Å². The fourth-order valence-electron chi connectivity index (χ4n) is 4.16. The van der Waals surface area contributed by atoms with Crippen molar-refractivity contribution >= 4 is 39.1 Å². The molecule has 0 fully saturated rings. The Balaban J connectivity index is 2.07. The molecule has 8 nitrogen and oxygen atoms in total. The summed E-state index contributed by atoms with van der Waals surface area (Å²) in [6.45, 7) is 5.21. The molecule has 0 bridgehead atoms. The summed E-state index contributed by atoms with van der Waals surface area (Å²) in [4.78, 5) is 28.2. The van der Waals surface area contributed by atoms with E-state index in [2.05, 4.69) is 5.32 Å². The zero-order valence-electron chi connectivity index (χ0n) is 22.8. The molecule has 0 aliphatic heterocycles. The van der Waals surface area contributed by atoms with Crippen LogP contribution in [0.2, 0.25) is 5.02 Å². The summed E-state index contributed by atoms with van der Waals surface area (Å²) in [6.07, 6.45) is 0.342. The van der Waals surface area contributed by atoms with E-state index < -0.39 is 28.5 Å². The molecule has 3 rings (SSSR count). The van der Waals surface area contributed by atoms with Crippen molar-refractivity contribution in [3.05, 3.63) is 88.4 Å². The Bertz CT molecular complexity index is 1410. The lowest BCUT2D eigenvalue weighted by Gasteiger charge is -2.33. The number of hydrogen-bond donors (Lipinski definition) is 1. The van der Waals surface area contributed by atoms with Crippen molar-refractivity contribution < 1.29 is 22.7 Å². The molecule has 1 N–H and O–H groups in total. The number of rotatable bonds is 11. The molecule has 0 aromatic heterocycles. The van der Waals surface area contributed by atoms with Crippen LogP contribution in [0.3, 0.4) is 0 Å². The second-order valence-corrected chi connectivity index (χ2v) is 11.4. The van der Waals surface area contributed by atoms with E-state index in [-0.39, 0.29) is 17.3 Å². The minimum Gasteiger partial charge on any atom is -0.497 e. The monoisotopic (exact) mass is 571 g/mol. The van der Waals surface area contributed by atoms with Gasteiger partial charge in [0.05, 0.1) is 17.7 Å². The van der Waals surface area contributed by atoms with Crippen molar-refractivity contribution in [3.63, 3.8) is 0 Å². The second kappa shape index (κ2) is 13.0. The van der Waals surface area contributed by atoms with E-state index in [1.165, 1.54) is 36.2 Å². The molecule has 0 spiro atoms. The number of anilines is 1. The van der Waals surface area contributed by atoms with E-state index in [0.29, 0.717) is 22.9 Å². The van der Waals surface area contributed by atoms with Gasteiger partial charge in [0.1, 0.15) is 18.3 Å². The number of carbonyl (C=O) groups is 2. The van der Waals surface area contributed by atoms with Gasteiger partial charge in [-0.2, -0.15) is 0 Å². The second-order valence-electron chi connectivity index (χ2n) is 9.14. The summed E-state index contributed by atoms with van der Waals surface area (Å²) in [5.74, 6) is -0.195. The SMILES string of the molecule is CC[C@@H](C(=O)NC)N(Cc1ccc(OC)cc1)C(=O)CN(c1ccc(C)c(C)c1)S(=O)(=O)c1ccc(Cl)cc1. The lowest BCUT2D eigenvalue weighted by atomic mass is 10.1. The lowest BCUT2D eigenvalue weighted by Crippen LogP contribution is -2.51. The maximum Gasteiger partial charge on any atom is 0.264 e. The van der Waals surface area contributed by atoms with Crippen LogP contribution in [0.25, 0.3) is 0 Å². The van der Waals surface area contributed by atoms with E-state index in [1.54, 1.807) is 50.4 Å². The lowest BCUT2D eigenvalue weighted by molar-refractivity contribution is -0.140. The van der Waals surface area contributed by atoms with Crippen LogP contribution in [0.4, 0.5) is 5.69 Å². The molecule has 0 radical (unpaired) electrons. The van der Waals surface area contributed by atoms with E-state index in [4.69, 9.17) is 16.3 Å². The van der Waals surface area contributed by atoms with Gasteiger partial charge in [-0.25, -0.2) is 8.42 Å². The quantitative estimate of drug-likeness (QED) is 0.359. The van der Waals surface area contributed by atoms with Gasteiger partial charge in [-0.1, -0.05) is 36.7 Å². The number of nitrogens with one attached hydrogen (secondary N) is 1. The van der Waals surface area contributed by atoms with Crippen molar-refractivity contribution in [1.29, 1.82) is 0 Å². The van der Waals surface area contributed by atoms with Gasteiger partial charge >= 0.3 is 0 Å². The molecule has 1 atom stereocenters. The zero-order chi connectivity index (χ0) is 28.7. The Morgan fingerprint density at radius 1 is 0.974 bits per heavy atom. The van der Waals surface area contributed by atoms with Crippen molar-refractivity contribution in [2.75, 3.05) is 25.0 Å². The molecule has 10 heteroatoms. The molecular formula is C29H34ClN3O5S.